The molecule has 25 heavy (non-hydrogen) atoms. The highest BCUT2D eigenvalue weighted by Gasteiger charge is 2.33. The molecular formula is C19H28N2O4. The normalized spacial score (nSPS) is 19.5. The summed E-state index contributed by atoms with van der Waals surface area (Å²) in [5, 5.41) is 3.47. The van der Waals surface area contributed by atoms with E-state index in [-0.39, 0.29) is 18.0 Å². The molecule has 0 radical (unpaired) electrons. The number of hydrogen-bond acceptors (Lipinski definition) is 5. The Morgan fingerprint density at radius 1 is 1.28 bits per heavy atom. The molecule has 1 saturated heterocycles. The van der Waals surface area contributed by atoms with Crippen LogP contribution in [0.4, 0.5) is 4.79 Å². The van der Waals surface area contributed by atoms with E-state index in [4.69, 9.17) is 9.47 Å². The molecule has 6 heteroatoms. The van der Waals surface area contributed by atoms with Crippen molar-refractivity contribution in [3.63, 3.8) is 0 Å². The number of piperidine rings is 1. The third-order valence-electron chi connectivity index (χ3n) is 4.14. The van der Waals surface area contributed by atoms with Gasteiger partial charge in [0.2, 0.25) is 5.91 Å². The van der Waals surface area contributed by atoms with Crippen LogP contribution in [0.2, 0.25) is 0 Å². The lowest BCUT2D eigenvalue weighted by atomic mass is 10.0. The first-order valence-corrected chi connectivity index (χ1v) is 8.63. The van der Waals surface area contributed by atoms with E-state index < -0.39 is 11.7 Å². The fourth-order valence-electron chi connectivity index (χ4n) is 2.83. The van der Waals surface area contributed by atoms with Gasteiger partial charge in [-0.1, -0.05) is 12.1 Å². The van der Waals surface area contributed by atoms with Crippen LogP contribution in [0.15, 0.2) is 24.3 Å². The molecule has 6 nitrogen and oxygen atoms in total. The van der Waals surface area contributed by atoms with Gasteiger partial charge in [0.1, 0.15) is 11.4 Å². The minimum Gasteiger partial charge on any atom is -0.497 e. The second-order valence-corrected chi connectivity index (χ2v) is 7.38. The molecule has 2 amide bonds. The van der Waals surface area contributed by atoms with Crippen LogP contribution in [-0.2, 0) is 9.53 Å². The maximum absolute atomic E-state index is 12.3. The van der Waals surface area contributed by atoms with Gasteiger partial charge in [0.25, 0.3) is 0 Å². The molecule has 0 aromatic heterocycles. The number of carbonyl (C=O) groups excluding carboxylic acids is 2. The number of likely N-dealkylation sites (tertiary alicyclic amines) is 1. The molecule has 1 aromatic carbocycles. The topological polar surface area (TPSA) is 67.9 Å². The van der Waals surface area contributed by atoms with Crippen LogP contribution in [0.25, 0.3) is 0 Å². The summed E-state index contributed by atoms with van der Waals surface area (Å²) in [5.74, 6) is 0.622. The summed E-state index contributed by atoms with van der Waals surface area (Å²) >= 11 is 0. The maximum Gasteiger partial charge on any atom is 0.417 e. The Labute approximate surface area is 149 Å². The number of methoxy groups -OCH3 is 1. The smallest absolute Gasteiger partial charge is 0.417 e. The minimum absolute atomic E-state index is 0.0447. The fraction of sp³-hybridized carbons (Fsp3) is 0.579. The molecular weight excluding hydrogens is 320 g/mol. The van der Waals surface area contributed by atoms with Gasteiger partial charge < -0.3 is 14.8 Å². The molecule has 0 unspecified atom stereocenters. The van der Waals surface area contributed by atoms with Crippen molar-refractivity contribution in [1.29, 1.82) is 0 Å². The number of nitrogens with one attached hydrogen (secondary N) is 1. The zero-order chi connectivity index (χ0) is 18.6. The molecule has 1 N–H and O–H groups in total. The SMILES string of the molecule is COc1ccc([C@@H](C)N[C@@H]2CCN(C(=O)OC(C)(C)C)C(=O)C2)cc1. The van der Waals surface area contributed by atoms with Gasteiger partial charge in [0.15, 0.2) is 0 Å². The largest absolute Gasteiger partial charge is 0.497 e. The molecule has 0 spiro atoms. The van der Waals surface area contributed by atoms with Crippen molar-refractivity contribution in [2.24, 2.45) is 0 Å². The Hall–Kier alpha value is -2.08. The van der Waals surface area contributed by atoms with Gasteiger partial charge in [0, 0.05) is 25.0 Å². The molecule has 0 aliphatic carbocycles. The number of ether oxygens (including phenoxy) is 2. The van der Waals surface area contributed by atoms with E-state index in [0.29, 0.717) is 19.4 Å². The van der Waals surface area contributed by atoms with Crippen LogP contribution in [0.3, 0.4) is 0 Å². The quantitative estimate of drug-likeness (QED) is 0.904. The predicted molar refractivity (Wildman–Crippen MR) is 95.5 cm³/mol. The zero-order valence-electron chi connectivity index (χ0n) is 15.7. The summed E-state index contributed by atoms with van der Waals surface area (Å²) < 4.78 is 10.5. The summed E-state index contributed by atoms with van der Waals surface area (Å²) in [6.45, 7) is 7.81. The summed E-state index contributed by atoms with van der Waals surface area (Å²) in [4.78, 5) is 25.6. The lowest BCUT2D eigenvalue weighted by Crippen LogP contribution is -2.50. The first kappa shape index (κ1) is 19.2. The zero-order valence-corrected chi connectivity index (χ0v) is 15.7. The van der Waals surface area contributed by atoms with Crippen molar-refractivity contribution in [2.45, 2.75) is 58.2 Å². The van der Waals surface area contributed by atoms with Crippen LogP contribution >= 0.6 is 0 Å². The first-order valence-electron chi connectivity index (χ1n) is 8.63. The minimum atomic E-state index is -0.602. The Balaban J connectivity index is 1.89. The second kappa shape index (κ2) is 7.87. The molecule has 1 heterocycles. The number of nitrogens with zero attached hydrogens (tertiary/aromatic N) is 1. The predicted octanol–water partition coefficient (Wildman–Crippen LogP) is 3.27. The highest BCUT2D eigenvalue weighted by molar-refractivity contribution is 5.93. The number of hydrogen-bond donors (Lipinski definition) is 1. The highest BCUT2D eigenvalue weighted by Crippen LogP contribution is 2.21. The Bertz CT molecular complexity index is 607. The average Bonchev–Trinajstić information content (AvgIpc) is 2.53. The van der Waals surface area contributed by atoms with Crippen LogP contribution < -0.4 is 10.1 Å². The van der Waals surface area contributed by atoms with E-state index in [2.05, 4.69) is 12.2 Å². The average molecular weight is 348 g/mol. The van der Waals surface area contributed by atoms with E-state index in [1.165, 1.54) is 4.90 Å². The van der Waals surface area contributed by atoms with Gasteiger partial charge in [-0.05, 0) is 51.8 Å². The van der Waals surface area contributed by atoms with Crippen molar-refractivity contribution in [1.82, 2.24) is 10.2 Å². The summed E-state index contributed by atoms with van der Waals surface area (Å²) in [6.07, 6.45) is 0.449. The van der Waals surface area contributed by atoms with Crippen LogP contribution in [0, 0.1) is 0 Å². The van der Waals surface area contributed by atoms with Crippen LogP contribution in [0.1, 0.15) is 52.1 Å². The van der Waals surface area contributed by atoms with E-state index in [0.717, 1.165) is 11.3 Å². The van der Waals surface area contributed by atoms with Crippen molar-refractivity contribution >= 4 is 12.0 Å². The van der Waals surface area contributed by atoms with Crippen molar-refractivity contribution < 1.29 is 19.1 Å². The van der Waals surface area contributed by atoms with Gasteiger partial charge in [-0.3, -0.25) is 4.79 Å². The molecule has 1 aromatic rings. The number of benzene rings is 1. The Kier molecular flexibility index (Phi) is 6.06. The molecule has 1 fully saturated rings. The van der Waals surface area contributed by atoms with Gasteiger partial charge in [-0.2, -0.15) is 0 Å². The van der Waals surface area contributed by atoms with Crippen molar-refractivity contribution in [3.8, 4) is 5.75 Å². The third-order valence-corrected chi connectivity index (χ3v) is 4.14. The molecule has 1 aliphatic heterocycles. The number of imide groups is 1. The lowest BCUT2D eigenvalue weighted by Gasteiger charge is -2.33. The molecule has 2 atom stereocenters. The fourth-order valence-corrected chi connectivity index (χ4v) is 2.83. The second-order valence-electron chi connectivity index (χ2n) is 7.38. The number of rotatable bonds is 4. The van der Waals surface area contributed by atoms with Crippen LogP contribution in [0.5, 0.6) is 5.75 Å². The highest BCUT2D eigenvalue weighted by atomic mass is 16.6. The Morgan fingerprint density at radius 3 is 2.44 bits per heavy atom. The number of amides is 2. The van der Waals surface area contributed by atoms with Gasteiger partial charge in [-0.25, -0.2) is 9.69 Å². The standard InChI is InChI=1S/C19H28N2O4/c1-13(14-6-8-16(24-5)9-7-14)20-15-10-11-21(17(22)12-15)18(23)25-19(2,3)4/h6-9,13,15,20H,10-12H2,1-5H3/t13-,15-/m1/s1. The molecule has 0 saturated carbocycles. The molecule has 1 aliphatic rings. The van der Waals surface area contributed by atoms with E-state index in [1.807, 2.05) is 24.3 Å². The summed E-state index contributed by atoms with van der Waals surface area (Å²) in [6, 6.07) is 8.01. The Morgan fingerprint density at radius 2 is 1.92 bits per heavy atom. The van der Waals surface area contributed by atoms with Gasteiger partial charge >= 0.3 is 6.09 Å². The third kappa shape index (κ3) is 5.46. The lowest BCUT2D eigenvalue weighted by molar-refractivity contribution is -0.133. The van der Waals surface area contributed by atoms with E-state index in [1.54, 1.807) is 27.9 Å². The van der Waals surface area contributed by atoms with Crippen molar-refractivity contribution in [3.05, 3.63) is 29.8 Å². The monoisotopic (exact) mass is 348 g/mol. The maximum atomic E-state index is 12.3. The summed E-state index contributed by atoms with van der Waals surface area (Å²) in [5.41, 5.74) is 0.526. The van der Waals surface area contributed by atoms with Gasteiger partial charge in [-0.15, -0.1) is 0 Å². The van der Waals surface area contributed by atoms with E-state index in [9.17, 15) is 9.59 Å². The molecule has 2 rings (SSSR count). The van der Waals surface area contributed by atoms with Crippen LogP contribution in [-0.4, -0.2) is 42.2 Å². The first-order chi connectivity index (χ1) is 11.7. The number of carbonyl (C=O) groups is 2. The van der Waals surface area contributed by atoms with Gasteiger partial charge in [0.05, 0.1) is 7.11 Å². The molecule has 138 valence electrons. The van der Waals surface area contributed by atoms with Crippen molar-refractivity contribution in [2.75, 3.05) is 13.7 Å². The summed E-state index contributed by atoms with van der Waals surface area (Å²) in [7, 11) is 1.64. The molecule has 0 bridgehead atoms. The van der Waals surface area contributed by atoms with E-state index >= 15 is 0 Å².